The smallest absolute Gasteiger partial charge is 0.229 e. The summed E-state index contributed by atoms with van der Waals surface area (Å²) in [7, 11) is 0. The van der Waals surface area contributed by atoms with E-state index in [-0.39, 0.29) is 18.2 Å². The van der Waals surface area contributed by atoms with Crippen LogP contribution in [0.25, 0.3) is 0 Å². The number of carbonyl (C=O) groups excluding carboxylic acids is 2. The molecule has 1 aliphatic heterocycles. The number of nitrogens with one attached hydrogen (secondary N) is 1. The summed E-state index contributed by atoms with van der Waals surface area (Å²) < 4.78 is 1.69. The van der Waals surface area contributed by atoms with Crippen LogP contribution in [0, 0.1) is 12.8 Å². The van der Waals surface area contributed by atoms with Crippen molar-refractivity contribution in [3.8, 4) is 0 Å². The van der Waals surface area contributed by atoms with Gasteiger partial charge in [0.15, 0.2) is 0 Å². The molecule has 1 aliphatic rings. The van der Waals surface area contributed by atoms with Crippen molar-refractivity contribution in [2.45, 2.75) is 13.3 Å². The fraction of sp³-hybridized carbons (Fsp3) is 0.222. The average molecular weight is 487 g/mol. The van der Waals surface area contributed by atoms with Crippen LogP contribution >= 0.6 is 43.5 Å². The van der Waals surface area contributed by atoms with Crippen molar-refractivity contribution in [1.82, 2.24) is 0 Å². The number of hydrogen-bond donors (Lipinski definition) is 1. The van der Waals surface area contributed by atoms with Crippen molar-refractivity contribution >= 4 is 66.6 Å². The average Bonchev–Trinajstić information content (AvgIpc) is 2.94. The van der Waals surface area contributed by atoms with Crippen LogP contribution in [-0.4, -0.2) is 18.4 Å². The predicted molar refractivity (Wildman–Crippen MR) is 107 cm³/mol. The Morgan fingerprint density at radius 3 is 2.76 bits per heavy atom. The molecule has 1 fully saturated rings. The molecule has 0 spiro atoms. The van der Waals surface area contributed by atoms with Crippen molar-refractivity contribution in [1.29, 1.82) is 0 Å². The molecule has 2 aromatic rings. The molecule has 1 heterocycles. The summed E-state index contributed by atoms with van der Waals surface area (Å²) >= 11 is 13.0. The first-order chi connectivity index (χ1) is 11.9. The molecule has 1 N–H and O–H groups in total. The minimum atomic E-state index is -0.401. The van der Waals surface area contributed by atoms with Gasteiger partial charge >= 0.3 is 0 Å². The maximum absolute atomic E-state index is 12.6. The fourth-order valence-corrected chi connectivity index (χ4v) is 4.15. The molecule has 0 unspecified atom stereocenters. The van der Waals surface area contributed by atoms with E-state index in [2.05, 4.69) is 37.2 Å². The molecule has 0 bridgehead atoms. The van der Waals surface area contributed by atoms with E-state index >= 15 is 0 Å². The number of halogens is 3. The highest BCUT2D eigenvalue weighted by atomic mass is 79.9. The maximum atomic E-state index is 12.6. The van der Waals surface area contributed by atoms with Gasteiger partial charge in [-0.3, -0.25) is 9.59 Å². The predicted octanol–water partition coefficient (Wildman–Crippen LogP) is 5.17. The Morgan fingerprint density at radius 1 is 1.28 bits per heavy atom. The van der Waals surface area contributed by atoms with Crippen LogP contribution in [0.5, 0.6) is 0 Å². The van der Waals surface area contributed by atoms with E-state index in [1.165, 1.54) is 0 Å². The van der Waals surface area contributed by atoms with Gasteiger partial charge in [-0.1, -0.05) is 33.6 Å². The zero-order valence-corrected chi connectivity index (χ0v) is 17.3. The molecule has 25 heavy (non-hydrogen) atoms. The topological polar surface area (TPSA) is 49.4 Å². The van der Waals surface area contributed by atoms with Crippen molar-refractivity contribution in [2.75, 3.05) is 16.8 Å². The molecule has 130 valence electrons. The van der Waals surface area contributed by atoms with Crippen LogP contribution < -0.4 is 10.2 Å². The van der Waals surface area contributed by atoms with E-state index < -0.39 is 5.92 Å². The van der Waals surface area contributed by atoms with Crippen LogP contribution in [0.1, 0.15) is 12.0 Å². The molecule has 3 rings (SSSR count). The largest absolute Gasteiger partial charge is 0.325 e. The first-order valence-electron chi connectivity index (χ1n) is 7.68. The highest BCUT2D eigenvalue weighted by Gasteiger charge is 2.36. The summed E-state index contributed by atoms with van der Waals surface area (Å²) in [5.41, 5.74) is 2.28. The Kier molecular flexibility index (Phi) is 5.51. The number of rotatable bonds is 3. The second-order valence-corrected chi connectivity index (χ2v) is 8.08. The zero-order valence-electron chi connectivity index (χ0n) is 13.4. The Balaban J connectivity index is 1.75. The number of benzene rings is 2. The Hall–Kier alpha value is -1.37. The van der Waals surface area contributed by atoms with Gasteiger partial charge in [-0.25, -0.2) is 0 Å². The molecule has 0 aromatic heterocycles. The van der Waals surface area contributed by atoms with E-state index in [9.17, 15) is 9.59 Å². The molecule has 1 atom stereocenters. The van der Waals surface area contributed by atoms with Gasteiger partial charge in [0.1, 0.15) is 0 Å². The summed E-state index contributed by atoms with van der Waals surface area (Å²) in [5.74, 6) is -0.639. The van der Waals surface area contributed by atoms with Crippen molar-refractivity contribution < 1.29 is 9.59 Å². The van der Waals surface area contributed by atoms with Gasteiger partial charge in [-0.05, 0) is 58.7 Å². The van der Waals surface area contributed by atoms with Crippen molar-refractivity contribution in [3.05, 3.63) is 55.9 Å². The molecular formula is C18H15Br2ClN2O2. The second kappa shape index (κ2) is 7.48. The van der Waals surface area contributed by atoms with E-state index in [4.69, 9.17) is 11.6 Å². The lowest BCUT2D eigenvalue weighted by Gasteiger charge is -2.19. The van der Waals surface area contributed by atoms with Crippen LogP contribution in [0.15, 0.2) is 45.3 Å². The first kappa shape index (κ1) is 18.4. The third-order valence-electron chi connectivity index (χ3n) is 4.21. The van der Waals surface area contributed by atoms with Crippen LogP contribution in [0.4, 0.5) is 11.4 Å². The Morgan fingerprint density at radius 2 is 2.04 bits per heavy atom. The molecule has 4 nitrogen and oxygen atoms in total. The van der Waals surface area contributed by atoms with Gasteiger partial charge in [0.25, 0.3) is 0 Å². The van der Waals surface area contributed by atoms with Gasteiger partial charge in [0, 0.05) is 32.6 Å². The highest BCUT2D eigenvalue weighted by Crippen LogP contribution is 2.32. The minimum absolute atomic E-state index is 0.0691. The summed E-state index contributed by atoms with van der Waals surface area (Å²) in [6.45, 7) is 2.22. The molecule has 0 aliphatic carbocycles. The summed E-state index contributed by atoms with van der Waals surface area (Å²) in [4.78, 5) is 26.6. The number of nitrogens with zero attached hydrogens (tertiary/aromatic N) is 1. The highest BCUT2D eigenvalue weighted by molar-refractivity contribution is 9.11. The molecule has 7 heteroatoms. The van der Waals surface area contributed by atoms with Crippen LogP contribution in [-0.2, 0) is 9.59 Å². The molecule has 0 saturated carbocycles. The second-order valence-electron chi connectivity index (χ2n) is 5.90. The van der Waals surface area contributed by atoms with Crippen molar-refractivity contribution in [3.63, 3.8) is 0 Å². The molecular weight excluding hydrogens is 471 g/mol. The molecule has 0 radical (unpaired) electrons. The van der Waals surface area contributed by atoms with Gasteiger partial charge in [0.2, 0.25) is 11.8 Å². The Bertz CT molecular complexity index is 857. The molecule has 2 aromatic carbocycles. The first-order valence-corrected chi connectivity index (χ1v) is 9.64. The fourth-order valence-electron chi connectivity index (χ4n) is 2.83. The lowest BCUT2D eigenvalue weighted by atomic mass is 10.1. The zero-order chi connectivity index (χ0) is 18.1. The molecule has 2 amide bonds. The minimum Gasteiger partial charge on any atom is -0.325 e. The van der Waals surface area contributed by atoms with Gasteiger partial charge in [0.05, 0.1) is 11.6 Å². The number of hydrogen-bond acceptors (Lipinski definition) is 2. The normalized spacial score (nSPS) is 17.0. The quantitative estimate of drug-likeness (QED) is 0.651. The van der Waals surface area contributed by atoms with Gasteiger partial charge < -0.3 is 10.2 Å². The summed E-state index contributed by atoms with van der Waals surface area (Å²) in [6, 6.07) is 11.0. The lowest BCUT2D eigenvalue weighted by Crippen LogP contribution is -2.28. The maximum Gasteiger partial charge on any atom is 0.229 e. The van der Waals surface area contributed by atoms with E-state index in [1.54, 1.807) is 11.0 Å². The lowest BCUT2D eigenvalue weighted by molar-refractivity contribution is -0.122. The third-order valence-corrected chi connectivity index (χ3v) is 5.77. The number of amides is 2. The monoisotopic (exact) mass is 484 g/mol. The molecule has 1 saturated heterocycles. The standard InChI is InChI=1S/C18H15Br2ClN2O2/c1-10-14(21)3-2-4-16(10)23-9-11(7-17(23)24)18(25)22-15-6-5-12(19)8-13(15)20/h2-6,8,11H,7,9H2,1H3,(H,22,25)/t11-/m0/s1. The van der Waals surface area contributed by atoms with E-state index in [0.717, 1.165) is 20.2 Å². The van der Waals surface area contributed by atoms with Gasteiger partial charge in [-0.2, -0.15) is 0 Å². The van der Waals surface area contributed by atoms with Gasteiger partial charge in [-0.15, -0.1) is 0 Å². The van der Waals surface area contributed by atoms with Crippen LogP contribution in [0.3, 0.4) is 0 Å². The van der Waals surface area contributed by atoms with Crippen molar-refractivity contribution in [2.24, 2.45) is 5.92 Å². The van der Waals surface area contributed by atoms with E-state index in [1.807, 2.05) is 37.3 Å². The number of anilines is 2. The third kappa shape index (κ3) is 3.91. The van der Waals surface area contributed by atoms with E-state index in [0.29, 0.717) is 17.3 Å². The van der Waals surface area contributed by atoms with Crippen LogP contribution in [0.2, 0.25) is 5.02 Å². The summed E-state index contributed by atoms with van der Waals surface area (Å²) in [6.07, 6.45) is 0.186. The Labute approximate surface area is 167 Å². The number of carbonyl (C=O) groups is 2. The SMILES string of the molecule is Cc1c(Cl)cccc1N1C[C@@H](C(=O)Nc2ccc(Br)cc2Br)CC1=O. The summed E-state index contributed by atoms with van der Waals surface area (Å²) in [5, 5.41) is 3.49.